The summed E-state index contributed by atoms with van der Waals surface area (Å²) in [4.78, 5) is 24.8. The van der Waals surface area contributed by atoms with Crippen LogP contribution in [0.3, 0.4) is 0 Å². The van der Waals surface area contributed by atoms with Crippen LogP contribution in [0.1, 0.15) is 13.8 Å². The second kappa shape index (κ2) is 7.73. The molecule has 0 saturated carbocycles. The number of fused-ring (bicyclic) bond motifs is 3. The Morgan fingerprint density at radius 1 is 1.21 bits per heavy atom. The molecule has 0 amide bonds. The minimum Gasteiger partial charge on any atom is -0.357 e. The maximum Gasteiger partial charge on any atom is 0.256 e. The Labute approximate surface area is 164 Å². The number of aromatic amines is 1. The van der Waals surface area contributed by atoms with Gasteiger partial charge in [0, 0.05) is 55.2 Å². The summed E-state index contributed by atoms with van der Waals surface area (Å²) in [7, 11) is 0. The molecule has 2 aromatic heterocycles. The third-order valence-electron chi connectivity index (χ3n) is 5.44. The summed E-state index contributed by atoms with van der Waals surface area (Å²) in [6, 6.07) is 10.1. The fourth-order valence-corrected chi connectivity index (χ4v) is 3.87. The average Bonchev–Trinajstić information content (AvgIpc) is 2.68. The van der Waals surface area contributed by atoms with E-state index in [9.17, 15) is 4.79 Å². The van der Waals surface area contributed by atoms with Gasteiger partial charge in [-0.25, -0.2) is 0 Å². The van der Waals surface area contributed by atoms with Crippen LogP contribution in [0.4, 0.5) is 5.69 Å². The first-order chi connectivity index (χ1) is 13.5. The standard InChI is InChI=1S/C22H27N5O/c1-15(2)27-10-8-26(9-11-27)14-16(3)24-17-12-20-21(23-13-17)18-6-4-5-7-19(18)22(28)25-20/h4-7,12-13,15,24H,3,8-11,14H2,1-2H3,(H,25,28). The van der Waals surface area contributed by atoms with Crippen molar-refractivity contribution < 1.29 is 0 Å². The van der Waals surface area contributed by atoms with Crippen LogP contribution in [0.2, 0.25) is 0 Å². The summed E-state index contributed by atoms with van der Waals surface area (Å²) in [5.41, 5.74) is 3.21. The summed E-state index contributed by atoms with van der Waals surface area (Å²) >= 11 is 0. The van der Waals surface area contributed by atoms with Gasteiger partial charge in [0.05, 0.1) is 22.9 Å². The van der Waals surface area contributed by atoms with Gasteiger partial charge in [-0.1, -0.05) is 24.8 Å². The molecule has 146 valence electrons. The normalized spacial score (nSPS) is 16.1. The maximum atomic E-state index is 12.3. The van der Waals surface area contributed by atoms with Gasteiger partial charge in [-0.05, 0) is 26.0 Å². The summed E-state index contributed by atoms with van der Waals surface area (Å²) in [6.07, 6.45) is 1.80. The Hall–Kier alpha value is -2.70. The maximum absolute atomic E-state index is 12.3. The Balaban J connectivity index is 1.47. The smallest absolute Gasteiger partial charge is 0.256 e. The molecule has 1 fully saturated rings. The van der Waals surface area contributed by atoms with Crippen LogP contribution in [0.15, 0.2) is 53.6 Å². The van der Waals surface area contributed by atoms with E-state index < -0.39 is 0 Å². The van der Waals surface area contributed by atoms with Crippen molar-refractivity contribution in [1.29, 1.82) is 0 Å². The fraction of sp³-hybridized carbons (Fsp3) is 0.364. The minimum atomic E-state index is -0.0936. The lowest BCUT2D eigenvalue weighted by atomic mass is 10.1. The number of anilines is 1. The first kappa shape index (κ1) is 18.7. The van der Waals surface area contributed by atoms with Crippen molar-refractivity contribution in [2.45, 2.75) is 19.9 Å². The monoisotopic (exact) mass is 377 g/mol. The van der Waals surface area contributed by atoms with Gasteiger partial charge in [-0.3, -0.25) is 19.6 Å². The molecule has 3 heterocycles. The molecule has 4 rings (SSSR count). The van der Waals surface area contributed by atoms with E-state index in [1.807, 2.05) is 30.3 Å². The summed E-state index contributed by atoms with van der Waals surface area (Å²) in [5.74, 6) is 0. The number of piperazine rings is 1. The number of aromatic nitrogens is 2. The van der Waals surface area contributed by atoms with Crippen LogP contribution in [-0.4, -0.2) is 58.5 Å². The van der Waals surface area contributed by atoms with E-state index in [-0.39, 0.29) is 5.56 Å². The number of benzene rings is 1. The lowest BCUT2D eigenvalue weighted by Crippen LogP contribution is -2.49. The Bertz CT molecular complexity index is 1060. The zero-order valence-corrected chi connectivity index (χ0v) is 16.5. The van der Waals surface area contributed by atoms with E-state index in [0.717, 1.165) is 60.5 Å². The highest BCUT2D eigenvalue weighted by atomic mass is 16.1. The van der Waals surface area contributed by atoms with E-state index >= 15 is 0 Å². The van der Waals surface area contributed by atoms with Crippen LogP contribution < -0.4 is 10.9 Å². The highest BCUT2D eigenvalue weighted by Crippen LogP contribution is 2.22. The van der Waals surface area contributed by atoms with Gasteiger partial charge in [-0.15, -0.1) is 0 Å². The van der Waals surface area contributed by atoms with Crippen molar-refractivity contribution in [1.82, 2.24) is 19.8 Å². The predicted molar refractivity (Wildman–Crippen MR) is 116 cm³/mol. The zero-order chi connectivity index (χ0) is 19.7. The molecular weight excluding hydrogens is 350 g/mol. The molecule has 1 aliphatic heterocycles. The molecule has 0 radical (unpaired) electrons. The molecule has 6 nitrogen and oxygen atoms in total. The number of nitrogens with zero attached hydrogens (tertiary/aromatic N) is 3. The Morgan fingerprint density at radius 2 is 1.93 bits per heavy atom. The topological polar surface area (TPSA) is 64.3 Å². The van der Waals surface area contributed by atoms with E-state index in [2.05, 4.69) is 45.5 Å². The first-order valence-electron chi connectivity index (χ1n) is 9.83. The Kier molecular flexibility index (Phi) is 5.15. The number of rotatable bonds is 5. The molecule has 1 aromatic carbocycles. The van der Waals surface area contributed by atoms with Crippen LogP contribution in [0, 0.1) is 0 Å². The summed E-state index contributed by atoms with van der Waals surface area (Å²) < 4.78 is 0. The highest BCUT2D eigenvalue weighted by molar-refractivity contribution is 6.03. The van der Waals surface area contributed by atoms with Gasteiger partial charge in [0.15, 0.2) is 0 Å². The molecule has 1 saturated heterocycles. The number of H-pyrrole nitrogens is 1. The summed E-state index contributed by atoms with van der Waals surface area (Å²) in [5, 5.41) is 4.88. The van der Waals surface area contributed by atoms with Gasteiger partial charge < -0.3 is 10.3 Å². The van der Waals surface area contributed by atoms with Crippen molar-refractivity contribution in [3.8, 4) is 0 Å². The SMILES string of the molecule is C=C(CN1CCN(C(C)C)CC1)Nc1cnc2c(c1)[nH]c(=O)c1ccccc12. The third-order valence-corrected chi connectivity index (χ3v) is 5.44. The molecule has 2 N–H and O–H groups in total. The van der Waals surface area contributed by atoms with E-state index in [0.29, 0.717) is 11.4 Å². The molecule has 0 spiro atoms. The first-order valence-corrected chi connectivity index (χ1v) is 9.83. The second-order valence-corrected chi connectivity index (χ2v) is 7.75. The predicted octanol–water partition coefficient (Wildman–Crippen LogP) is 3.03. The summed E-state index contributed by atoms with van der Waals surface area (Å²) in [6.45, 7) is 13.8. The molecule has 0 unspecified atom stereocenters. The van der Waals surface area contributed by atoms with Crippen molar-refractivity contribution in [2.75, 3.05) is 38.0 Å². The van der Waals surface area contributed by atoms with Gasteiger partial charge >= 0.3 is 0 Å². The van der Waals surface area contributed by atoms with Gasteiger partial charge in [0.1, 0.15) is 0 Å². The number of hydrogen-bond acceptors (Lipinski definition) is 5. The fourth-order valence-electron chi connectivity index (χ4n) is 3.87. The van der Waals surface area contributed by atoms with Gasteiger partial charge in [0.25, 0.3) is 5.56 Å². The van der Waals surface area contributed by atoms with Crippen LogP contribution in [-0.2, 0) is 0 Å². The molecule has 28 heavy (non-hydrogen) atoms. The largest absolute Gasteiger partial charge is 0.357 e. The number of nitrogens with one attached hydrogen (secondary N) is 2. The van der Waals surface area contributed by atoms with Crippen molar-refractivity contribution >= 4 is 27.5 Å². The lowest BCUT2D eigenvalue weighted by Gasteiger charge is -2.37. The van der Waals surface area contributed by atoms with Gasteiger partial charge in [-0.2, -0.15) is 0 Å². The molecule has 0 aliphatic carbocycles. The molecule has 6 heteroatoms. The average molecular weight is 377 g/mol. The highest BCUT2D eigenvalue weighted by Gasteiger charge is 2.19. The van der Waals surface area contributed by atoms with Crippen LogP contribution in [0.25, 0.3) is 21.8 Å². The quantitative estimate of drug-likeness (QED) is 0.669. The lowest BCUT2D eigenvalue weighted by molar-refractivity contribution is 0.115. The van der Waals surface area contributed by atoms with Crippen LogP contribution >= 0.6 is 0 Å². The number of pyridine rings is 2. The van der Waals surface area contributed by atoms with Crippen molar-refractivity contribution in [3.05, 3.63) is 59.2 Å². The van der Waals surface area contributed by atoms with E-state index in [4.69, 9.17) is 0 Å². The molecule has 0 atom stereocenters. The second-order valence-electron chi connectivity index (χ2n) is 7.75. The van der Waals surface area contributed by atoms with Crippen molar-refractivity contribution in [3.63, 3.8) is 0 Å². The van der Waals surface area contributed by atoms with E-state index in [1.54, 1.807) is 6.20 Å². The Morgan fingerprint density at radius 3 is 2.64 bits per heavy atom. The number of hydrogen-bond donors (Lipinski definition) is 2. The molecular formula is C22H27N5O. The van der Waals surface area contributed by atoms with Crippen molar-refractivity contribution in [2.24, 2.45) is 0 Å². The zero-order valence-electron chi connectivity index (χ0n) is 16.5. The third kappa shape index (κ3) is 3.79. The minimum absolute atomic E-state index is 0.0936. The molecule has 1 aliphatic rings. The van der Waals surface area contributed by atoms with E-state index in [1.165, 1.54) is 0 Å². The van der Waals surface area contributed by atoms with Gasteiger partial charge in [0.2, 0.25) is 0 Å². The molecule has 3 aromatic rings. The van der Waals surface area contributed by atoms with Crippen LogP contribution in [0.5, 0.6) is 0 Å². The molecule has 0 bridgehead atoms.